The van der Waals surface area contributed by atoms with Crippen LogP contribution in [-0.4, -0.2) is 43.0 Å². The molecule has 1 aliphatic heterocycles. The van der Waals surface area contributed by atoms with Crippen molar-refractivity contribution in [2.45, 2.75) is 25.8 Å². The van der Waals surface area contributed by atoms with Crippen LogP contribution in [0.25, 0.3) is 0 Å². The molecule has 1 N–H and O–H groups in total. The molecule has 0 saturated carbocycles. The van der Waals surface area contributed by atoms with Gasteiger partial charge in [0.1, 0.15) is 18.4 Å². The zero-order valence-electron chi connectivity index (χ0n) is 15.6. The molecule has 0 aliphatic carbocycles. The number of benzene rings is 1. The first-order valence-corrected chi connectivity index (χ1v) is 9.43. The number of nitrogens with one attached hydrogen (secondary N) is 1. The maximum absolute atomic E-state index is 12.8. The molecule has 6 heteroatoms. The number of furan rings is 1. The highest BCUT2D eigenvalue weighted by atomic mass is 16.5. The minimum absolute atomic E-state index is 0.00263. The Balaban J connectivity index is 1.60. The van der Waals surface area contributed by atoms with E-state index in [1.54, 1.807) is 11.2 Å². The molecule has 1 aromatic heterocycles. The van der Waals surface area contributed by atoms with Gasteiger partial charge in [-0.15, -0.1) is 0 Å². The minimum Gasteiger partial charge on any atom is -0.467 e. The monoisotopic (exact) mass is 370 g/mol. The fourth-order valence-corrected chi connectivity index (χ4v) is 3.35. The Morgan fingerprint density at radius 2 is 1.93 bits per heavy atom. The molecule has 0 bridgehead atoms. The van der Waals surface area contributed by atoms with E-state index in [1.165, 1.54) is 0 Å². The van der Waals surface area contributed by atoms with Crippen LogP contribution >= 0.6 is 0 Å². The van der Waals surface area contributed by atoms with E-state index in [0.717, 1.165) is 5.56 Å². The SMILES string of the molecule is CCOCC(=O)N1CCC(C(=O)N[C@H](c2ccccc2)c2ccco2)CC1. The van der Waals surface area contributed by atoms with Crippen LogP contribution in [0.3, 0.4) is 0 Å². The highest BCUT2D eigenvalue weighted by Gasteiger charge is 2.29. The lowest BCUT2D eigenvalue weighted by Crippen LogP contribution is -2.44. The summed E-state index contributed by atoms with van der Waals surface area (Å²) >= 11 is 0. The van der Waals surface area contributed by atoms with Crippen molar-refractivity contribution in [1.82, 2.24) is 10.2 Å². The molecule has 2 aromatic rings. The average molecular weight is 370 g/mol. The van der Waals surface area contributed by atoms with Crippen LogP contribution < -0.4 is 5.32 Å². The molecule has 144 valence electrons. The standard InChI is InChI=1S/C21H26N2O4/c1-2-26-15-19(24)23-12-10-17(11-13-23)21(25)22-20(18-9-6-14-27-18)16-7-4-3-5-8-16/h3-9,14,17,20H,2,10-13,15H2,1H3,(H,22,25)/t20-/m1/s1. The number of likely N-dealkylation sites (tertiary alicyclic amines) is 1. The Labute approximate surface area is 159 Å². The molecule has 0 spiro atoms. The maximum Gasteiger partial charge on any atom is 0.248 e. The predicted molar refractivity (Wildman–Crippen MR) is 101 cm³/mol. The van der Waals surface area contributed by atoms with Crippen molar-refractivity contribution in [1.29, 1.82) is 0 Å². The number of ether oxygens (including phenoxy) is 1. The first kappa shape index (κ1) is 19.2. The zero-order chi connectivity index (χ0) is 19.1. The number of carbonyl (C=O) groups excluding carboxylic acids is 2. The number of amides is 2. The van der Waals surface area contributed by atoms with Crippen molar-refractivity contribution in [3.63, 3.8) is 0 Å². The molecular formula is C21H26N2O4. The van der Waals surface area contributed by atoms with Crippen molar-refractivity contribution in [2.75, 3.05) is 26.3 Å². The van der Waals surface area contributed by atoms with Crippen molar-refractivity contribution >= 4 is 11.8 Å². The molecule has 1 saturated heterocycles. The number of piperidine rings is 1. The third kappa shape index (κ3) is 4.98. The van der Waals surface area contributed by atoms with E-state index in [1.807, 2.05) is 49.4 Å². The average Bonchev–Trinajstić information content (AvgIpc) is 3.25. The lowest BCUT2D eigenvalue weighted by atomic mass is 9.94. The van der Waals surface area contributed by atoms with Crippen LogP contribution in [0.2, 0.25) is 0 Å². The van der Waals surface area contributed by atoms with Crippen LogP contribution in [-0.2, 0) is 14.3 Å². The lowest BCUT2D eigenvalue weighted by molar-refractivity contribution is -0.139. The van der Waals surface area contributed by atoms with E-state index in [4.69, 9.17) is 9.15 Å². The van der Waals surface area contributed by atoms with Crippen molar-refractivity contribution in [2.24, 2.45) is 5.92 Å². The van der Waals surface area contributed by atoms with Crippen LogP contribution in [0.1, 0.15) is 37.1 Å². The second-order valence-electron chi connectivity index (χ2n) is 6.66. The first-order chi connectivity index (χ1) is 13.2. The largest absolute Gasteiger partial charge is 0.467 e. The van der Waals surface area contributed by atoms with Gasteiger partial charge in [0.15, 0.2) is 0 Å². The van der Waals surface area contributed by atoms with E-state index < -0.39 is 0 Å². The number of hydrogen-bond donors (Lipinski definition) is 1. The molecule has 1 fully saturated rings. The highest BCUT2D eigenvalue weighted by molar-refractivity contribution is 5.81. The Kier molecular flexibility index (Phi) is 6.65. The molecule has 2 heterocycles. The smallest absolute Gasteiger partial charge is 0.248 e. The molecule has 2 amide bonds. The van der Waals surface area contributed by atoms with Gasteiger partial charge < -0.3 is 19.4 Å². The Morgan fingerprint density at radius 3 is 2.56 bits per heavy atom. The molecular weight excluding hydrogens is 344 g/mol. The van der Waals surface area contributed by atoms with Gasteiger partial charge in [-0.05, 0) is 37.5 Å². The van der Waals surface area contributed by atoms with Crippen LogP contribution in [0, 0.1) is 5.92 Å². The number of carbonyl (C=O) groups is 2. The Bertz CT molecular complexity index is 722. The normalized spacial score (nSPS) is 16.1. The number of hydrogen-bond acceptors (Lipinski definition) is 4. The fraction of sp³-hybridized carbons (Fsp3) is 0.429. The quantitative estimate of drug-likeness (QED) is 0.813. The summed E-state index contributed by atoms with van der Waals surface area (Å²) in [5.74, 6) is 0.590. The third-order valence-corrected chi connectivity index (χ3v) is 4.90. The summed E-state index contributed by atoms with van der Waals surface area (Å²) in [6.07, 6.45) is 2.92. The van der Waals surface area contributed by atoms with Crippen LogP contribution in [0.15, 0.2) is 53.1 Å². The fourth-order valence-electron chi connectivity index (χ4n) is 3.35. The van der Waals surface area contributed by atoms with E-state index in [-0.39, 0.29) is 30.4 Å². The van der Waals surface area contributed by atoms with Crippen molar-refractivity contribution in [3.8, 4) is 0 Å². The van der Waals surface area contributed by atoms with Gasteiger partial charge in [-0.1, -0.05) is 30.3 Å². The summed E-state index contributed by atoms with van der Waals surface area (Å²) in [6.45, 7) is 3.67. The summed E-state index contributed by atoms with van der Waals surface area (Å²) in [4.78, 5) is 26.7. The van der Waals surface area contributed by atoms with Gasteiger partial charge in [0.2, 0.25) is 11.8 Å². The van der Waals surface area contributed by atoms with Crippen LogP contribution in [0.5, 0.6) is 0 Å². The molecule has 6 nitrogen and oxygen atoms in total. The second kappa shape index (κ2) is 9.37. The molecule has 1 aliphatic rings. The summed E-state index contributed by atoms with van der Waals surface area (Å²) in [7, 11) is 0. The van der Waals surface area contributed by atoms with Gasteiger partial charge in [-0.2, -0.15) is 0 Å². The van der Waals surface area contributed by atoms with Gasteiger partial charge in [-0.3, -0.25) is 9.59 Å². The van der Waals surface area contributed by atoms with E-state index in [0.29, 0.717) is 38.3 Å². The van der Waals surface area contributed by atoms with Crippen LogP contribution in [0.4, 0.5) is 0 Å². The molecule has 0 unspecified atom stereocenters. The lowest BCUT2D eigenvalue weighted by Gasteiger charge is -2.32. The summed E-state index contributed by atoms with van der Waals surface area (Å²) < 4.78 is 10.7. The van der Waals surface area contributed by atoms with Gasteiger partial charge in [0.25, 0.3) is 0 Å². The van der Waals surface area contributed by atoms with Crippen molar-refractivity contribution < 1.29 is 18.7 Å². The molecule has 1 atom stereocenters. The topological polar surface area (TPSA) is 71.8 Å². The molecule has 27 heavy (non-hydrogen) atoms. The van der Waals surface area contributed by atoms with Crippen molar-refractivity contribution in [3.05, 3.63) is 60.1 Å². The van der Waals surface area contributed by atoms with Gasteiger partial charge in [-0.25, -0.2) is 0 Å². The number of nitrogens with zero attached hydrogens (tertiary/aromatic N) is 1. The third-order valence-electron chi connectivity index (χ3n) is 4.90. The maximum atomic E-state index is 12.8. The van der Waals surface area contributed by atoms with E-state index in [9.17, 15) is 9.59 Å². The van der Waals surface area contributed by atoms with Gasteiger partial charge in [0, 0.05) is 25.6 Å². The van der Waals surface area contributed by atoms with E-state index >= 15 is 0 Å². The summed E-state index contributed by atoms with van der Waals surface area (Å²) in [5.41, 5.74) is 0.977. The second-order valence-corrected chi connectivity index (χ2v) is 6.66. The predicted octanol–water partition coefficient (Wildman–Crippen LogP) is 2.76. The van der Waals surface area contributed by atoms with Gasteiger partial charge in [0.05, 0.1) is 6.26 Å². The minimum atomic E-state index is -0.314. The number of rotatable bonds is 7. The Hall–Kier alpha value is -2.60. The molecule has 3 rings (SSSR count). The molecule has 1 aromatic carbocycles. The highest BCUT2D eigenvalue weighted by Crippen LogP contribution is 2.25. The first-order valence-electron chi connectivity index (χ1n) is 9.43. The Morgan fingerprint density at radius 1 is 1.19 bits per heavy atom. The van der Waals surface area contributed by atoms with Gasteiger partial charge >= 0.3 is 0 Å². The summed E-state index contributed by atoms with van der Waals surface area (Å²) in [6, 6.07) is 13.2. The molecule has 0 radical (unpaired) electrons. The van der Waals surface area contributed by atoms with E-state index in [2.05, 4.69) is 5.32 Å². The zero-order valence-corrected chi connectivity index (χ0v) is 15.6. The summed E-state index contributed by atoms with van der Waals surface area (Å²) in [5, 5.41) is 3.12.